The molecule has 84 heavy (non-hydrogen) atoms. The van der Waals surface area contributed by atoms with Gasteiger partial charge in [-0.05, 0) is 83.5 Å². The molecule has 4 heteroatoms. The summed E-state index contributed by atoms with van der Waals surface area (Å²) in [5.74, 6) is -0.0631. The first-order valence-corrected chi connectivity index (χ1v) is 37.1. The minimum atomic E-state index is -0.847. The highest BCUT2D eigenvalue weighted by Gasteiger charge is 2.18. The molecule has 0 bridgehead atoms. The number of carbonyl (C=O) groups excluding carboxylic acids is 1. The van der Waals surface area contributed by atoms with Crippen LogP contribution in [0, 0.1) is 0 Å². The SMILES string of the molecule is CC/C=C\C/C=C\C/C=C\C/C=C\C/C=C\C/C=C\C/C=C\C/C=C\CCCCCCCCCCCCCCCCC(=O)NC(CO)C(O)/C=C/CCCCCCCCCCCCCCCCCCCCCCCCCCCCCCCCC. The van der Waals surface area contributed by atoms with E-state index < -0.39 is 12.1 Å². The van der Waals surface area contributed by atoms with E-state index in [9.17, 15) is 15.0 Å². The summed E-state index contributed by atoms with van der Waals surface area (Å²) in [5.41, 5.74) is 0. The van der Waals surface area contributed by atoms with Crippen LogP contribution >= 0.6 is 0 Å². The Labute approximate surface area is 525 Å². The van der Waals surface area contributed by atoms with Gasteiger partial charge in [-0.25, -0.2) is 0 Å². The third-order valence-corrected chi connectivity index (χ3v) is 16.8. The van der Waals surface area contributed by atoms with Gasteiger partial charge in [0.15, 0.2) is 0 Å². The van der Waals surface area contributed by atoms with Gasteiger partial charge in [0.2, 0.25) is 5.91 Å². The molecule has 4 nitrogen and oxygen atoms in total. The maximum Gasteiger partial charge on any atom is 0.220 e. The summed E-state index contributed by atoms with van der Waals surface area (Å²) >= 11 is 0. The monoisotopic (exact) mass is 1170 g/mol. The van der Waals surface area contributed by atoms with Crippen molar-refractivity contribution in [1.29, 1.82) is 0 Å². The molecule has 486 valence electrons. The molecule has 2 atom stereocenters. The first-order valence-electron chi connectivity index (χ1n) is 37.1. The summed E-state index contributed by atoms with van der Waals surface area (Å²) in [7, 11) is 0. The number of hydrogen-bond donors (Lipinski definition) is 3. The summed E-state index contributed by atoms with van der Waals surface area (Å²) in [6.07, 6.45) is 112. The fourth-order valence-corrected chi connectivity index (χ4v) is 11.2. The van der Waals surface area contributed by atoms with Gasteiger partial charge in [-0.1, -0.05) is 393 Å². The van der Waals surface area contributed by atoms with Crippen LogP contribution in [-0.4, -0.2) is 34.9 Å². The zero-order valence-corrected chi connectivity index (χ0v) is 56.2. The lowest BCUT2D eigenvalue weighted by atomic mass is 10.0. The van der Waals surface area contributed by atoms with Crippen molar-refractivity contribution in [1.82, 2.24) is 5.32 Å². The van der Waals surface area contributed by atoms with Crippen molar-refractivity contribution in [2.24, 2.45) is 0 Å². The van der Waals surface area contributed by atoms with Gasteiger partial charge >= 0.3 is 0 Å². The van der Waals surface area contributed by atoms with Gasteiger partial charge in [-0.3, -0.25) is 4.79 Å². The maximum absolute atomic E-state index is 12.6. The average Bonchev–Trinajstić information content (AvgIpc) is 3.51. The number of amides is 1. The van der Waals surface area contributed by atoms with Gasteiger partial charge in [0.1, 0.15) is 0 Å². The first-order chi connectivity index (χ1) is 41.7. The summed E-state index contributed by atoms with van der Waals surface area (Å²) in [6, 6.07) is -0.630. The fourth-order valence-electron chi connectivity index (χ4n) is 11.2. The smallest absolute Gasteiger partial charge is 0.220 e. The lowest BCUT2D eigenvalue weighted by Gasteiger charge is -2.20. The Morgan fingerprint density at radius 1 is 0.298 bits per heavy atom. The maximum atomic E-state index is 12.6. The number of unbranched alkanes of at least 4 members (excludes halogenated alkanes) is 45. The van der Waals surface area contributed by atoms with E-state index in [1.807, 2.05) is 6.08 Å². The van der Waals surface area contributed by atoms with E-state index in [0.29, 0.717) is 6.42 Å². The Hall–Kier alpha value is -2.95. The Balaban J connectivity index is 3.49. The van der Waals surface area contributed by atoms with E-state index in [4.69, 9.17) is 0 Å². The summed E-state index contributed by atoms with van der Waals surface area (Å²) in [6.45, 7) is 4.23. The molecule has 0 aliphatic heterocycles. The van der Waals surface area contributed by atoms with Crippen LogP contribution in [0.1, 0.15) is 373 Å². The number of rotatable bonds is 68. The molecule has 0 aromatic carbocycles. The molecule has 1 amide bonds. The predicted octanol–water partition coefficient (Wildman–Crippen LogP) is 25.7. The standard InChI is InChI=1S/C80H143NO3/c1-3-5-7-9-11-13-15-17-19-21-23-25-27-29-31-33-35-37-38-39-40-41-42-44-46-48-50-52-54-56-58-60-62-64-66-68-70-72-74-76-80(84)81-78(77-82)79(83)75-73-71-69-67-65-63-61-59-57-55-53-51-49-47-45-43-36-34-32-30-28-26-24-22-20-18-16-14-12-10-8-6-4-2/h5,7,11,13,17,19,23,25,29,31,35,37,39-40,42,44,73,75,78-79,82-83H,3-4,6,8-10,12,14-16,18,20-22,24,26-28,30,32-34,36,38,41,43,45-72,74,76-77H2,1-2H3,(H,81,84)/b7-5-,13-11-,19-17-,25-23-,31-29-,37-35-,40-39-,44-42-,75-73+. The van der Waals surface area contributed by atoms with Crippen molar-refractivity contribution >= 4 is 5.91 Å². The Morgan fingerprint density at radius 2 is 0.524 bits per heavy atom. The third kappa shape index (κ3) is 69.8. The number of hydrogen-bond acceptors (Lipinski definition) is 3. The van der Waals surface area contributed by atoms with E-state index in [-0.39, 0.29) is 12.5 Å². The molecule has 0 radical (unpaired) electrons. The normalized spacial score (nSPS) is 13.3. The molecule has 0 rings (SSSR count). The molecule has 0 heterocycles. The second-order valence-electron chi connectivity index (χ2n) is 25.0. The molecule has 0 saturated heterocycles. The zero-order chi connectivity index (χ0) is 60.5. The lowest BCUT2D eigenvalue weighted by molar-refractivity contribution is -0.123. The number of aliphatic hydroxyl groups excluding tert-OH is 2. The van der Waals surface area contributed by atoms with E-state index >= 15 is 0 Å². The topological polar surface area (TPSA) is 69.6 Å². The summed E-state index contributed by atoms with van der Waals surface area (Å²) < 4.78 is 0. The van der Waals surface area contributed by atoms with Gasteiger partial charge in [-0.2, -0.15) is 0 Å². The van der Waals surface area contributed by atoms with E-state index in [1.54, 1.807) is 6.08 Å². The molecule has 3 N–H and O–H groups in total. The average molecular weight is 1170 g/mol. The van der Waals surface area contributed by atoms with Crippen LogP contribution in [-0.2, 0) is 4.79 Å². The van der Waals surface area contributed by atoms with Gasteiger partial charge in [-0.15, -0.1) is 0 Å². The molecule has 0 fully saturated rings. The number of aliphatic hydroxyl groups is 2. The zero-order valence-electron chi connectivity index (χ0n) is 56.2. The van der Waals surface area contributed by atoms with Crippen molar-refractivity contribution in [3.63, 3.8) is 0 Å². The minimum absolute atomic E-state index is 0.0631. The number of carbonyl (C=O) groups is 1. The molecule has 0 saturated carbocycles. The van der Waals surface area contributed by atoms with Crippen molar-refractivity contribution in [2.75, 3.05) is 6.61 Å². The first kappa shape index (κ1) is 81.0. The largest absolute Gasteiger partial charge is 0.394 e. The highest BCUT2D eigenvalue weighted by atomic mass is 16.3. The molecular weight excluding hydrogens is 1020 g/mol. The van der Waals surface area contributed by atoms with Crippen LogP contribution in [0.25, 0.3) is 0 Å². The van der Waals surface area contributed by atoms with Crippen LogP contribution in [0.15, 0.2) is 109 Å². The van der Waals surface area contributed by atoms with Crippen LogP contribution < -0.4 is 5.32 Å². The van der Waals surface area contributed by atoms with Crippen molar-refractivity contribution < 1.29 is 15.0 Å². The number of allylic oxidation sites excluding steroid dienone is 17. The quantitative estimate of drug-likeness (QED) is 0.0420. The van der Waals surface area contributed by atoms with Gasteiger partial charge < -0.3 is 15.5 Å². The highest BCUT2D eigenvalue weighted by molar-refractivity contribution is 5.76. The van der Waals surface area contributed by atoms with Gasteiger partial charge in [0.25, 0.3) is 0 Å². The van der Waals surface area contributed by atoms with E-state index in [2.05, 4.69) is 116 Å². The van der Waals surface area contributed by atoms with Crippen molar-refractivity contribution in [3.8, 4) is 0 Å². The third-order valence-electron chi connectivity index (χ3n) is 16.8. The summed E-state index contributed by atoms with van der Waals surface area (Å²) in [5, 5.41) is 23.3. The molecule has 0 spiro atoms. The second-order valence-corrected chi connectivity index (χ2v) is 25.0. The molecular formula is C80H143NO3. The molecule has 0 aromatic rings. The Bertz CT molecular complexity index is 1560. The van der Waals surface area contributed by atoms with Crippen molar-refractivity contribution in [3.05, 3.63) is 109 Å². The van der Waals surface area contributed by atoms with Crippen molar-refractivity contribution in [2.45, 2.75) is 386 Å². The molecule has 0 aromatic heterocycles. The Kier molecular flexibility index (Phi) is 71.7. The van der Waals surface area contributed by atoms with E-state index in [0.717, 1.165) is 77.0 Å². The second kappa shape index (κ2) is 74.3. The summed E-state index contributed by atoms with van der Waals surface area (Å²) in [4.78, 5) is 12.6. The van der Waals surface area contributed by atoms with Crippen LogP contribution in [0.4, 0.5) is 0 Å². The minimum Gasteiger partial charge on any atom is -0.394 e. The predicted molar refractivity (Wildman–Crippen MR) is 377 cm³/mol. The molecule has 0 aliphatic rings. The molecule has 2 unspecified atom stereocenters. The molecule has 0 aliphatic carbocycles. The van der Waals surface area contributed by atoms with Crippen LogP contribution in [0.2, 0.25) is 0 Å². The Morgan fingerprint density at radius 3 is 0.786 bits per heavy atom. The number of nitrogens with one attached hydrogen (secondary N) is 1. The fraction of sp³-hybridized carbons (Fsp3) is 0.762. The van der Waals surface area contributed by atoms with E-state index in [1.165, 1.54) is 276 Å². The van der Waals surface area contributed by atoms with Gasteiger partial charge in [0, 0.05) is 6.42 Å². The van der Waals surface area contributed by atoms with Crippen LogP contribution in [0.5, 0.6) is 0 Å². The van der Waals surface area contributed by atoms with Gasteiger partial charge in [0.05, 0.1) is 18.8 Å². The van der Waals surface area contributed by atoms with Crippen LogP contribution in [0.3, 0.4) is 0 Å². The highest BCUT2D eigenvalue weighted by Crippen LogP contribution is 2.19. The lowest BCUT2D eigenvalue weighted by Crippen LogP contribution is -2.45.